The highest BCUT2D eigenvalue weighted by Crippen LogP contribution is 2.58. The third-order valence-corrected chi connectivity index (χ3v) is 6.22. The molecule has 1 atom stereocenters. The number of hydrogen-bond donors (Lipinski definition) is 0. The molecule has 0 radical (unpaired) electrons. The number of hydrogen-bond acceptors (Lipinski definition) is 0. The second-order valence-corrected chi connectivity index (χ2v) is 8.52. The third-order valence-electron chi connectivity index (χ3n) is 6.22. The standard InChI is InChI=1S/C12H24.C10H22/c1-5-6-7-8-12(4)10-9-11(12,2)3;1-3-5-7-9-10-8-6-4-2/h5-10H2,1-4H3;3-10H2,1-2H3. The van der Waals surface area contributed by atoms with Crippen molar-refractivity contribution in [3.63, 3.8) is 0 Å². The third kappa shape index (κ3) is 8.59. The fraction of sp³-hybridized carbons (Fsp3) is 1.00. The topological polar surface area (TPSA) is 0 Å². The minimum Gasteiger partial charge on any atom is -0.0654 e. The summed E-state index contributed by atoms with van der Waals surface area (Å²) in [4.78, 5) is 0. The van der Waals surface area contributed by atoms with Crippen LogP contribution in [0.2, 0.25) is 0 Å². The van der Waals surface area contributed by atoms with Crippen LogP contribution in [-0.4, -0.2) is 0 Å². The van der Waals surface area contributed by atoms with Gasteiger partial charge in [0.2, 0.25) is 0 Å². The lowest BCUT2D eigenvalue weighted by Gasteiger charge is -2.55. The predicted molar refractivity (Wildman–Crippen MR) is 104 cm³/mol. The van der Waals surface area contributed by atoms with E-state index in [0.29, 0.717) is 10.8 Å². The summed E-state index contributed by atoms with van der Waals surface area (Å²) >= 11 is 0. The maximum Gasteiger partial charge on any atom is -0.0274 e. The van der Waals surface area contributed by atoms with Crippen molar-refractivity contribution in [2.24, 2.45) is 10.8 Å². The van der Waals surface area contributed by atoms with Gasteiger partial charge in [0, 0.05) is 0 Å². The first-order chi connectivity index (χ1) is 10.4. The van der Waals surface area contributed by atoms with Crippen molar-refractivity contribution in [2.45, 2.75) is 131 Å². The van der Waals surface area contributed by atoms with E-state index < -0.39 is 0 Å². The van der Waals surface area contributed by atoms with Crippen molar-refractivity contribution < 1.29 is 0 Å². The molecule has 1 saturated carbocycles. The van der Waals surface area contributed by atoms with Crippen LogP contribution >= 0.6 is 0 Å². The molecular formula is C22H46. The fourth-order valence-corrected chi connectivity index (χ4v) is 3.49. The molecule has 0 aliphatic heterocycles. The van der Waals surface area contributed by atoms with Crippen LogP contribution in [0.4, 0.5) is 0 Å². The molecule has 0 N–H and O–H groups in total. The Kier molecular flexibility index (Phi) is 12.4. The summed E-state index contributed by atoms with van der Waals surface area (Å²) in [6.45, 7) is 14.2. The summed E-state index contributed by atoms with van der Waals surface area (Å²) in [5.74, 6) is 0. The van der Waals surface area contributed by atoms with E-state index in [-0.39, 0.29) is 0 Å². The Hall–Kier alpha value is 0. The summed E-state index contributed by atoms with van der Waals surface area (Å²) in [6, 6.07) is 0. The van der Waals surface area contributed by atoms with Crippen LogP contribution in [0.3, 0.4) is 0 Å². The molecule has 22 heavy (non-hydrogen) atoms. The lowest BCUT2D eigenvalue weighted by molar-refractivity contribution is -0.0434. The molecule has 0 bridgehead atoms. The molecule has 0 heteroatoms. The highest BCUT2D eigenvalue weighted by molar-refractivity contribution is 4.98. The molecular weight excluding hydrogens is 264 g/mol. The van der Waals surface area contributed by atoms with Crippen LogP contribution < -0.4 is 0 Å². The Morgan fingerprint density at radius 3 is 1.27 bits per heavy atom. The highest BCUT2D eigenvalue weighted by atomic mass is 14.5. The van der Waals surface area contributed by atoms with Gasteiger partial charge in [-0.3, -0.25) is 0 Å². The highest BCUT2D eigenvalue weighted by Gasteiger charge is 2.48. The minimum absolute atomic E-state index is 0.626. The SMILES string of the molecule is CCCCCC1(C)CCC1(C)C.CCCCCCCCCC. The second-order valence-electron chi connectivity index (χ2n) is 8.52. The maximum atomic E-state index is 2.48. The van der Waals surface area contributed by atoms with Crippen LogP contribution in [0.25, 0.3) is 0 Å². The molecule has 1 unspecified atom stereocenters. The Morgan fingerprint density at radius 1 is 0.545 bits per heavy atom. The predicted octanol–water partition coefficient (Wildman–Crippen LogP) is 8.54. The van der Waals surface area contributed by atoms with Gasteiger partial charge in [-0.2, -0.15) is 0 Å². The average Bonchev–Trinajstić information content (AvgIpc) is 2.50. The smallest absolute Gasteiger partial charge is 0.0274 e. The molecule has 134 valence electrons. The van der Waals surface area contributed by atoms with Gasteiger partial charge in [0.15, 0.2) is 0 Å². The quantitative estimate of drug-likeness (QED) is 0.335. The lowest BCUT2D eigenvalue weighted by atomic mass is 9.50. The molecule has 0 saturated heterocycles. The zero-order valence-electron chi connectivity index (χ0n) is 16.9. The van der Waals surface area contributed by atoms with E-state index in [2.05, 4.69) is 41.5 Å². The normalized spacial score (nSPS) is 22.6. The van der Waals surface area contributed by atoms with Gasteiger partial charge in [-0.15, -0.1) is 0 Å². The average molecular weight is 311 g/mol. The first-order valence-corrected chi connectivity index (χ1v) is 10.4. The summed E-state index contributed by atoms with van der Waals surface area (Å²) in [7, 11) is 0. The van der Waals surface area contributed by atoms with Crippen molar-refractivity contribution in [2.75, 3.05) is 0 Å². The molecule has 0 aromatic heterocycles. The molecule has 0 aromatic carbocycles. The molecule has 0 aromatic rings. The Labute approximate surface area is 142 Å². The second kappa shape index (κ2) is 12.4. The van der Waals surface area contributed by atoms with Crippen LogP contribution in [0.15, 0.2) is 0 Å². The fourth-order valence-electron chi connectivity index (χ4n) is 3.49. The van der Waals surface area contributed by atoms with Crippen molar-refractivity contribution in [3.8, 4) is 0 Å². The molecule has 0 amide bonds. The minimum atomic E-state index is 0.626. The summed E-state index contributed by atoms with van der Waals surface area (Å²) in [5, 5.41) is 0. The van der Waals surface area contributed by atoms with Crippen molar-refractivity contribution >= 4 is 0 Å². The van der Waals surface area contributed by atoms with Crippen LogP contribution in [-0.2, 0) is 0 Å². The van der Waals surface area contributed by atoms with E-state index >= 15 is 0 Å². The Balaban J connectivity index is 0.000000409. The van der Waals surface area contributed by atoms with Gasteiger partial charge in [-0.05, 0) is 30.1 Å². The van der Waals surface area contributed by atoms with E-state index in [0.717, 1.165) is 0 Å². The van der Waals surface area contributed by atoms with E-state index in [9.17, 15) is 0 Å². The molecule has 0 nitrogen and oxygen atoms in total. The van der Waals surface area contributed by atoms with Gasteiger partial charge < -0.3 is 0 Å². The molecule has 0 heterocycles. The maximum absolute atomic E-state index is 2.48. The van der Waals surface area contributed by atoms with Crippen molar-refractivity contribution in [3.05, 3.63) is 0 Å². The van der Waals surface area contributed by atoms with Gasteiger partial charge in [0.05, 0.1) is 0 Å². The lowest BCUT2D eigenvalue weighted by Crippen LogP contribution is -2.44. The first-order valence-electron chi connectivity index (χ1n) is 10.4. The number of rotatable bonds is 11. The Bertz CT molecular complexity index is 232. The van der Waals surface area contributed by atoms with Gasteiger partial charge in [0.25, 0.3) is 0 Å². The Morgan fingerprint density at radius 2 is 0.955 bits per heavy atom. The molecule has 1 fully saturated rings. The summed E-state index contributed by atoms with van der Waals surface area (Å²) in [5.41, 5.74) is 1.29. The van der Waals surface area contributed by atoms with E-state index in [1.165, 1.54) is 89.9 Å². The number of unbranched alkanes of at least 4 members (excludes halogenated alkanes) is 9. The van der Waals surface area contributed by atoms with Crippen molar-refractivity contribution in [1.29, 1.82) is 0 Å². The zero-order valence-corrected chi connectivity index (χ0v) is 16.9. The van der Waals surface area contributed by atoms with E-state index in [1.807, 2.05) is 0 Å². The molecule has 1 aliphatic rings. The van der Waals surface area contributed by atoms with Crippen LogP contribution in [0.1, 0.15) is 131 Å². The van der Waals surface area contributed by atoms with Crippen molar-refractivity contribution in [1.82, 2.24) is 0 Å². The largest absolute Gasteiger partial charge is 0.0654 e. The zero-order chi connectivity index (χ0) is 16.9. The van der Waals surface area contributed by atoms with Crippen LogP contribution in [0, 0.1) is 10.8 Å². The van der Waals surface area contributed by atoms with Gasteiger partial charge in [-0.25, -0.2) is 0 Å². The van der Waals surface area contributed by atoms with Gasteiger partial charge in [-0.1, -0.05) is 112 Å². The summed E-state index contributed by atoms with van der Waals surface area (Å²) < 4.78 is 0. The van der Waals surface area contributed by atoms with E-state index in [4.69, 9.17) is 0 Å². The molecule has 0 spiro atoms. The monoisotopic (exact) mass is 310 g/mol. The van der Waals surface area contributed by atoms with Gasteiger partial charge >= 0.3 is 0 Å². The van der Waals surface area contributed by atoms with Crippen LogP contribution in [0.5, 0.6) is 0 Å². The molecule has 1 rings (SSSR count). The summed E-state index contributed by atoms with van der Waals surface area (Å²) in [6.07, 6.45) is 20.0. The first kappa shape index (κ1) is 22.0. The van der Waals surface area contributed by atoms with E-state index in [1.54, 1.807) is 0 Å². The molecule has 1 aliphatic carbocycles. The van der Waals surface area contributed by atoms with Gasteiger partial charge in [0.1, 0.15) is 0 Å².